The van der Waals surface area contributed by atoms with Crippen molar-refractivity contribution in [1.82, 2.24) is 10.1 Å². The molecular formula is C27H26N4O5. The molecule has 0 atom stereocenters. The van der Waals surface area contributed by atoms with Gasteiger partial charge in [-0.3, -0.25) is 9.59 Å². The van der Waals surface area contributed by atoms with Crippen molar-refractivity contribution in [2.24, 2.45) is 0 Å². The van der Waals surface area contributed by atoms with E-state index in [-0.39, 0.29) is 24.8 Å². The number of nitrogens with one attached hydrogen (secondary N) is 2. The molecule has 0 saturated heterocycles. The molecule has 4 rings (SSSR count). The Bertz CT molecular complexity index is 1290. The second-order valence-electron chi connectivity index (χ2n) is 7.75. The fourth-order valence-corrected chi connectivity index (χ4v) is 3.32. The Kier molecular flexibility index (Phi) is 8.27. The van der Waals surface area contributed by atoms with Gasteiger partial charge in [-0.15, -0.1) is 0 Å². The van der Waals surface area contributed by atoms with Gasteiger partial charge in [0, 0.05) is 35.8 Å². The zero-order valence-electron chi connectivity index (χ0n) is 19.8. The SMILES string of the molecule is CCOc1ccc(-c2noc(CCC(=O)Nc3cccc(OCC(=O)Nc4ccccc4)c3)n2)cc1. The molecule has 0 saturated carbocycles. The summed E-state index contributed by atoms with van der Waals surface area (Å²) < 4.78 is 16.3. The average Bonchev–Trinajstić information content (AvgIpc) is 3.37. The Labute approximate surface area is 208 Å². The summed E-state index contributed by atoms with van der Waals surface area (Å²) in [5.41, 5.74) is 2.05. The number of rotatable bonds is 11. The largest absolute Gasteiger partial charge is 0.494 e. The summed E-state index contributed by atoms with van der Waals surface area (Å²) in [5.74, 6) is 1.57. The minimum Gasteiger partial charge on any atom is -0.494 e. The molecular weight excluding hydrogens is 460 g/mol. The van der Waals surface area contributed by atoms with Crippen molar-refractivity contribution in [3.05, 3.63) is 84.8 Å². The fourth-order valence-electron chi connectivity index (χ4n) is 3.32. The molecule has 0 spiro atoms. The Morgan fingerprint density at radius 1 is 0.833 bits per heavy atom. The maximum Gasteiger partial charge on any atom is 0.262 e. The first kappa shape index (κ1) is 24.5. The quantitative estimate of drug-likeness (QED) is 0.315. The van der Waals surface area contributed by atoms with E-state index in [4.69, 9.17) is 14.0 Å². The van der Waals surface area contributed by atoms with Crippen LogP contribution < -0.4 is 20.1 Å². The Morgan fingerprint density at radius 2 is 1.58 bits per heavy atom. The van der Waals surface area contributed by atoms with E-state index in [1.165, 1.54) is 0 Å². The lowest BCUT2D eigenvalue weighted by molar-refractivity contribution is -0.118. The number of carbonyl (C=O) groups is 2. The molecule has 1 aromatic heterocycles. The number of amides is 2. The highest BCUT2D eigenvalue weighted by Gasteiger charge is 2.12. The zero-order chi connectivity index (χ0) is 25.2. The van der Waals surface area contributed by atoms with Gasteiger partial charge in [0.05, 0.1) is 6.61 Å². The van der Waals surface area contributed by atoms with Gasteiger partial charge in [-0.2, -0.15) is 4.98 Å². The molecule has 9 heteroatoms. The molecule has 0 radical (unpaired) electrons. The molecule has 2 amide bonds. The summed E-state index contributed by atoms with van der Waals surface area (Å²) in [5, 5.41) is 9.55. The number of aromatic nitrogens is 2. The third-order valence-corrected chi connectivity index (χ3v) is 5.00. The van der Waals surface area contributed by atoms with Gasteiger partial charge in [-0.25, -0.2) is 0 Å². The first-order valence-corrected chi connectivity index (χ1v) is 11.5. The number of aryl methyl sites for hydroxylation is 1. The van der Waals surface area contributed by atoms with Gasteiger partial charge in [-0.1, -0.05) is 29.4 Å². The average molecular weight is 487 g/mol. The number of hydrogen-bond donors (Lipinski definition) is 2. The van der Waals surface area contributed by atoms with Crippen LogP contribution in [-0.2, 0) is 16.0 Å². The van der Waals surface area contributed by atoms with Gasteiger partial charge in [0.1, 0.15) is 11.5 Å². The van der Waals surface area contributed by atoms with E-state index in [1.807, 2.05) is 49.4 Å². The second kappa shape index (κ2) is 12.2. The van der Waals surface area contributed by atoms with Crippen LogP contribution in [0.5, 0.6) is 11.5 Å². The zero-order valence-corrected chi connectivity index (χ0v) is 19.8. The topological polar surface area (TPSA) is 116 Å². The van der Waals surface area contributed by atoms with Crippen LogP contribution in [0, 0.1) is 0 Å². The molecule has 1 heterocycles. The van der Waals surface area contributed by atoms with Gasteiger partial charge < -0.3 is 24.6 Å². The van der Waals surface area contributed by atoms with Crippen molar-refractivity contribution in [3.8, 4) is 22.9 Å². The molecule has 9 nitrogen and oxygen atoms in total. The standard InChI is InChI=1S/C27H26N4O5/c1-2-34-22-13-11-19(12-14-22)27-30-26(36-31-27)16-15-24(32)29-21-9-6-10-23(17-21)35-18-25(33)28-20-7-4-3-5-8-20/h3-14,17H,2,15-16,18H2,1H3,(H,28,33)(H,29,32). The molecule has 3 aromatic carbocycles. The highest BCUT2D eigenvalue weighted by atomic mass is 16.5. The summed E-state index contributed by atoms with van der Waals surface area (Å²) in [6.45, 7) is 2.37. The monoisotopic (exact) mass is 486 g/mol. The van der Waals surface area contributed by atoms with E-state index >= 15 is 0 Å². The maximum absolute atomic E-state index is 12.4. The molecule has 0 aliphatic carbocycles. The second-order valence-corrected chi connectivity index (χ2v) is 7.75. The van der Waals surface area contributed by atoms with Crippen LogP contribution >= 0.6 is 0 Å². The smallest absolute Gasteiger partial charge is 0.262 e. The normalized spacial score (nSPS) is 10.5. The highest BCUT2D eigenvalue weighted by molar-refractivity contribution is 5.92. The third kappa shape index (κ3) is 7.17. The predicted molar refractivity (Wildman–Crippen MR) is 135 cm³/mol. The van der Waals surface area contributed by atoms with E-state index in [2.05, 4.69) is 20.8 Å². The van der Waals surface area contributed by atoms with E-state index in [9.17, 15) is 9.59 Å². The van der Waals surface area contributed by atoms with E-state index in [0.29, 0.717) is 41.9 Å². The predicted octanol–water partition coefficient (Wildman–Crippen LogP) is 4.72. The van der Waals surface area contributed by atoms with Crippen molar-refractivity contribution in [2.45, 2.75) is 19.8 Å². The van der Waals surface area contributed by atoms with Gasteiger partial charge in [0.25, 0.3) is 5.91 Å². The number of para-hydroxylation sites is 1. The summed E-state index contributed by atoms with van der Waals surface area (Å²) in [7, 11) is 0. The molecule has 0 fully saturated rings. The lowest BCUT2D eigenvalue weighted by Crippen LogP contribution is -2.20. The van der Waals surface area contributed by atoms with Crippen LogP contribution in [0.25, 0.3) is 11.4 Å². The third-order valence-electron chi connectivity index (χ3n) is 5.00. The van der Waals surface area contributed by atoms with Gasteiger partial charge in [0.15, 0.2) is 6.61 Å². The first-order chi connectivity index (χ1) is 17.6. The van der Waals surface area contributed by atoms with Crippen LogP contribution in [0.4, 0.5) is 11.4 Å². The lowest BCUT2D eigenvalue weighted by Gasteiger charge is -2.09. The summed E-state index contributed by atoms with van der Waals surface area (Å²) in [4.78, 5) is 28.9. The number of hydrogen-bond acceptors (Lipinski definition) is 7. The van der Waals surface area contributed by atoms with Crippen molar-refractivity contribution >= 4 is 23.2 Å². The molecule has 0 aliphatic rings. The van der Waals surface area contributed by atoms with Crippen LogP contribution in [0.1, 0.15) is 19.2 Å². The van der Waals surface area contributed by atoms with E-state index in [1.54, 1.807) is 36.4 Å². The Morgan fingerprint density at radius 3 is 2.36 bits per heavy atom. The highest BCUT2D eigenvalue weighted by Crippen LogP contribution is 2.21. The molecule has 4 aromatic rings. The summed E-state index contributed by atoms with van der Waals surface area (Å²) in [6, 6.07) is 23.4. The summed E-state index contributed by atoms with van der Waals surface area (Å²) >= 11 is 0. The molecule has 0 aliphatic heterocycles. The minimum absolute atomic E-state index is 0.153. The Hall–Kier alpha value is -4.66. The van der Waals surface area contributed by atoms with E-state index < -0.39 is 0 Å². The molecule has 0 bridgehead atoms. The molecule has 184 valence electrons. The van der Waals surface area contributed by atoms with Crippen LogP contribution in [0.2, 0.25) is 0 Å². The van der Waals surface area contributed by atoms with Crippen molar-refractivity contribution in [1.29, 1.82) is 0 Å². The van der Waals surface area contributed by atoms with Gasteiger partial charge >= 0.3 is 0 Å². The Balaban J connectivity index is 1.24. The molecule has 36 heavy (non-hydrogen) atoms. The van der Waals surface area contributed by atoms with Gasteiger partial charge in [-0.05, 0) is 55.5 Å². The van der Waals surface area contributed by atoms with Crippen molar-refractivity contribution in [3.63, 3.8) is 0 Å². The lowest BCUT2D eigenvalue weighted by atomic mass is 10.2. The molecule has 2 N–H and O–H groups in total. The van der Waals surface area contributed by atoms with Crippen LogP contribution in [0.3, 0.4) is 0 Å². The van der Waals surface area contributed by atoms with Crippen molar-refractivity contribution < 1.29 is 23.6 Å². The summed E-state index contributed by atoms with van der Waals surface area (Å²) in [6.07, 6.45) is 0.460. The van der Waals surface area contributed by atoms with Crippen LogP contribution in [0.15, 0.2) is 83.4 Å². The van der Waals surface area contributed by atoms with E-state index in [0.717, 1.165) is 11.3 Å². The number of nitrogens with zero attached hydrogens (tertiary/aromatic N) is 2. The maximum atomic E-state index is 12.4. The minimum atomic E-state index is -0.278. The number of benzene rings is 3. The number of ether oxygens (including phenoxy) is 2. The van der Waals surface area contributed by atoms with Crippen LogP contribution in [-0.4, -0.2) is 35.2 Å². The fraction of sp³-hybridized carbons (Fsp3) is 0.185. The molecule has 0 unspecified atom stereocenters. The number of carbonyl (C=O) groups excluding carboxylic acids is 2. The van der Waals surface area contributed by atoms with Crippen molar-refractivity contribution in [2.75, 3.05) is 23.8 Å². The van der Waals surface area contributed by atoms with Gasteiger partial charge in [0.2, 0.25) is 17.6 Å². The number of anilines is 2. The first-order valence-electron chi connectivity index (χ1n) is 11.5.